The number of hydrogen-bond acceptors (Lipinski definition) is 2. The average molecular weight is 211 g/mol. The van der Waals surface area contributed by atoms with Gasteiger partial charge in [0.15, 0.2) is 0 Å². The van der Waals surface area contributed by atoms with Crippen molar-refractivity contribution in [1.29, 1.82) is 0 Å². The van der Waals surface area contributed by atoms with Gasteiger partial charge in [0.2, 0.25) is 0 Å². The molecule has 2 nitrogen and oxygen atoms in total. The monoisotopic (exact) mass is 210 g/mol. The van der Waals surface area contributed by atoms with Crippen LogP contribution in [0, 0.1) is 0 Å². The minimum atomic E-state index is 0.889. The number of halogens is 1. The molecule has 0 fully saturated rings. The zero-order valence-corrected chi connectivity index (χ0v) is 7.45. The molecule has 56 valence electrons. The van der Waals surface area contributed by atoms with Crippen LogP contribution in [0.5, 0.6) is 0 Å². The number of hydrogen-bond donors (Lipinski definition) is 0. The molecule has 0 N–H and O–H groups in total. The van der Waals surface area contributed by atoms with Gasteiger partial charge in [-0.15, -0.1) is 0 Å². The van der Waals surface area contributed by atoms with E-state index in [0.717, 1.165) is 12.2 Å². The van der Waals surface area contributed by atoms with Crippen molar-refractivity contribution in [2.45, 2.75) is 6.54 Å². The smallest absolute Gasteiger partial charge is 0.101 e. The minimum absolute atomic E-state index is 0.889. The molecule has 0 amide bonds. The van der Waals surface area contributed by atoms with E-state index in [2.05, 4.69) is 27.2 Å². The number of benzene rings is 1. The molecule has 0 aromatic heterocycles. The number of fused-ring (bicyclic) bond motifs is 1. The normalized spacial score (nSPS) is 14.8. The van der Waals surface area contributed by atoms with E-state index in [9.17, 15) is 0 Å². The molecular weight excluding hydrogens is 204 g/mol. The van der Waals surface area contributed by atoms with E-state index < -0.39 is 0 Å². The van der Waals surface area contributed by atoms with Crippen LogP contribution in [0.3, 0.4) is 0 Å². The molecule has 0 atom stereocenters. The molecule has 3 heteroatoms. The zero-order chi connectivity index (χ0) is 7.68. The highest BCUT2D eigenvalue weighted by molar-refractivity contribution is 9.07. The lowest BCUT2D eigenvalue weighted by Gasteiger charge is -2.16. The number of para-hydroxylation sites is 1. The fourth-order valence-electron chi connectivity index (χ4n) is 1.10. The van der Waals surface area contributed by atoms with Crippen molar-refractivity contribution >= 4 is 28.2 Å². The van der Waals surface area contributed by atoms with Gasteiger partial charge >= 0.3 is 0 Å². The van der Waals surface area contributed by atoms with Crippen LogP contribution in [0.1, 0.15) is 5.56 Å². The van der Waals surface area contributed by atoms with E-state index in [-0.39, 0.29) is 0 Å². The summed E-state index contributed by atoms with van der Waals surface area (Å²) in [5.74, 6) is 0. The van der Waals surface area contributed by atoms with Crippen LogP contribution in [0.4, 0.5) is 5.69 Å². The number of rotatable bonds is 0. The van der Waals surface area contributed by atoms with Crippen LogP contribution >= 0.6 is 16.1 Å². The van der Waals surface area contributed by atoms with Crippen molar-refractivity contribution in [2.24, 2.45) is 4.99 Å². The maximum atomic E-state index is 4.23. The molecule has 0 saturated carbocycles. The van der Waals surface area contributed by atoms with Crippen LogP contribution in [0.25, 0.3) is 0 Å². The molecule has 1 aromatic rings. The summed E-state index contributed by atoms with van der Waals surface area (Å²) in [6.45, 7) is 0.889. The predicted octanol–water partition coefficient (Wildman–Crippen LogP) is 2.47. The molecule has 0 spiro atoms. The maximum absolute atomic E-state index is 4.23. The first-order valence-corrected chi connectivity index (χ1v) is 4.12. The molecule has 0 aliphatic carbocycles. The lowest BCUT2D eigenvalue weighted by Crippen LogP contribution is -2.11. The molecule has 0 saturated heterocycles. The van der Waals surface area contributed by atoms with Crippen molar-refractivity contribution in [3.63, 3.8) is 0 Å². The van der Waals surface area contributed by atoms with E-state index in [1.165, 1.54) is 5.56 Å². The van der Waals surface area contributed by atoms with Crippen molar-refractivity contribution in [1.82, 2.24) is 3.93 Å². The highest BCUT2D eigenvalue weighted by Crippen LogP contribution is 2.24. The first-order chi connectivity index (χ1) is 5.36. The quantitative estimate of drug-likeness (QED) is 0.602. The van der Waals surface area contributed by atoms with E-state index >= 15 is 0 Å². The van der Waals surface area contributed by atoms with E-state index in [1.807, 2.05) is 22.1 Å². The third-order valence-corrected chi connectivity index (χ3v) is 2.07. The van der Waals surface area contributed by atoms with Gasteiger partial charge in [0.1, 0.15) is 6.34 Å². The standard InChI is InChI=1S/C8H7BrN2/c9-11-5-7-3-1-2-4-8(7)10-6-11/h1-4,6H,5H2. The van der Waals surface area contributed by atoms with Crippen LogP contribution in [-0.2, 0) is 6.54 Å². The predicted molar refractivity (Wildman–Crippen MR) is 49.1 cm³/mol. The highest BCUT2D eigenvalue weighted by atomic mass is 79.9. The molecule has 1 heterocycles. The average Bonchev–Trinajstić information content (AvgIpc) is 2.04. The molecule has 11 heavy (non-hydrogen) atoms. The Bertz CT molecular complexity index is 296. The maximum Gasteiger partial charge on any atom is 0.101 e. The SMILES string of the molecule is BrN1C=Nc2ccccc2C1. The fraction of sp³-hybridized carbons (Fsp3) is 0.125. The second-order valence-electron chi connectivity index (χ2n) is 2.43. The third kappa shape index (κ3) is 1.28. The minimum Gasteiger partial charge on any atom is -0.295 e. The molecule has 0 radical (unpaired) electrons. The summed E-state index contributed by atoms with van der Waals surface area (Å²) < 4.78 is 1.88. The molecule has 1 aromatic carbocycles. The molecule has 1 aliphatic rings. The van der Waals surface area contributed by atoms with Gasteiger partial charge in [-0.3, -0.25) is 3.93 Å². The Morgan fingerprint density at radius 2 is 2.18 bits per heavy atom. The Labute approximate surface area is 73.9 Å². The second kappa shape index (κ2) is 2.66. The largest absolute Gasteiger partial charge is 0.295 e. The Morgan fingerprint density at radius 3 is 3.09 bits per heavy atom. The van der Waals surface area contributed by atoms with Gasteiger partial charge in [-0.1, -0.05) is 18.2 Å². The van der Waals surface area contributed by atoms with Crippen LogP contribution in [0.15, 0.2) is 29.3 Å². The van der Waals surface area contributed by atoms with Gasteiger partial charge in [0, 0.05) is 0 Å². The van der Waals surface area contributed by atoms with Crippen molar-refractivity contribution in [3.8, 4) is 0 Å². The Hall–Kier alpha value is -0.830. The van der Waals surface area contributed by atoms with Crippen molar-refractivity contribution in [2.75, 3.05) is 0 Å². The molecule has 0 unspecified atom stereocenters. The highest BCUT2D eigenvalue weighted by Gasteiger charge is 2.07. The van der Waals surface area contributed by atoms with Gasteiger partial charge in [-0.25, -0.2) is 4.99 Å². The summed E-state index contributed by atoms with van der Waals surface area (Å²) in [7, 11) is 0. The number of nitrogens with zero attached hydrogens (tertiary/aromatic N) is 2. The summed E-state index contributed by atoms with van der Waals surface area (Å²) in [6, 6.07) is 8.13. The Kier molecular flexibility index (Phi) is 1.66. The third-order valence-electron chi connectivity index (χ3n) is 1.64. The first-order valence-electron chi connectivity index (χ1n) is 3.41. The van der Waals surface area contributed by atoms with Gasteiger partial charge in [-0.2, -0.15) is 0 Å². The van der Waals surface area contributed by atoms with Gasteiger partial charge in [0.05, 0.1) is 28.4 Å². The van der Waals surface area contributed by atoms with E-state index in [4.69, 9.17) is 0 Å². The summed E-state index contributed by atoms with van der Waals surface area (Å²) >= 11 is 3.34. The van der Waals surface area contributed by atoms with Gasteiger partial charge in [0.25, 0.3) is 0 Å². The van der Waals surface area contributed by atoms with Crippen molar-refractivity contribution < 1.29 is 0 Å². The molecule has 0 bridgehead atoms. The molecular formula is C8H7BrN2. The fourth-order valence-corrected chi connectivity index (χ4v) is 1.46. The lowest BCUT2D eigenvalue weighted by molar-refractivity contribution is 0.699. The first kappa shape index (κ1) is 6.85. The van der Waals surface area contributed by atoms with Crippen LogP contribution in [-0.4, -0.2) is 10.3 Å². The van der Waals surface area contributed by atoms with Crippen LogP contribution in [0.2, 0.25) is 0 Å². The topological polar surface area (TPSA) is 15.6 Å². The van der Waals surface area contributed by atoms with Crippen molar-refractivity contribution in [3.05, 3.63) is 29.8 Å². The Morgan fingerprint density at radius 1 is 1.36 bits per heavy atom. The van der Waals surface area contributed by atoms with Crippen LogP contribution < -0.4 is 0 Å². The summed E-state index contributed by atoms with van der Waals surface area (Å²) in [6.07, 6.45) is 1.78. The second-order valence-corrected chi connectivity index (χ2v) is 3.34. The molecule has 2 rings (SSSR count). The lowest BCUT2D eigenvalue weighted by atomic mass is 10.2. The van der Waals surface area contributed by atoms with Gasteiger partial charge < -0.3 is 0 Å². The van der Waals surface area contributed by atoms with E-state index in [1.54, 1.807) is 6.34 Å². The summed E-state index contributed by atoms with van der Waals surface area (Å²) in [4.78, 5) is 4.23. The summed E-state index contributed by atoms with van der Waals surface area (Å²) in [5.41, 5.74) is 2.33. The molecule has 1 aliphatic heterocycles. The Balaban J connectivity index is 2.46. The van der Waals surface area contributed by atoms with E-state index in [0.29, 0.717) is 0 Å². The summed E-state index contributed by atoms with van der Waals surface area (Å²) in [5, 5.41) is 0. The number of aliphatic imine (C=N–C) groups is 1. The van der Waals surface area contributed by atoms with Gasteiger partial charge in [-0.05, 0) is 11.6 Å². The zero-order valence-electron chi connectivity index (χ0n) is 5.87.